The first-order valence-electron chi connectivity index (χ1n) is 9.35. The van der Waals surface area contributed by atoms with Crippen molar-refractivity contribution >= 4 is 17.2 Å². The van der Waals surface area contributed by atoms with Crippen LogP contribution < -0.4 is 10.1 Å². The lowest BCUT2D eigenvalue weighted by Crippen LogP contribution is -2.49. The van der Waals surface area contributed by atoms with E-state index in [0.717, 1.165) is 28.7 Å². The molecule has 146 valence electrons. The summed E-state index contributed by atoms with van der Waals surface area (Å²) in [5.74, 6) is 1.66. The first-order valence-corrected chi connectivity index (χ1v) is 10.2. The predicted molar refractivity (Wildman–Crippen MR) is 109 cm³/mol. The highest BCUT2D eigenvalue weighted by Crippen LogP contribution is 2.28. The van der Waals surface area contributed by atoms with Crippen molar-refractivity contribution in [2.75, 3.05) is 26.2 Å². The van der Waals surface area contributed by atoms with E-state index in [1.165, 1.54) is 11.3 Å². The van der Waals surface area contributed by atoms with Crippen LogP contribution in [0.4, 0.5) is 0 Å². The normalized spacial score (nSPS) is 16.9. The molecule has 1 aromatic carbocycles. The molecule has 1 aliphatic rings. The zero-order valence-electron chi connectivity index (χ0n) is 16.0. The summed E-state index contributed by atoms with van der Waals surface area (Å²) in [6.45, 7) is 4.68. The SMILES string of the molecule is CCOc1ccc(-c2nc(C(=O)N3CCNCC3c3nccn3C)cs2)cc1. The van der Waals surface area contributed by atoms with Crippen molar-refractivity contribution in [1.82, 2.24) is 24.8 Å². The Balaban J connectivity index is 1.55. The molecule has 3 heterocycles. The van der Waals surface area contributed by atoms with Gasteiger partial charge in [-0.05, 0) is 31.2 Å². The number of rotatable bonds is 5. The molecule has 0 radical (unpaired) electrons. The first kappa shape index (κ1) is 18.6. The van der Waals surface area contributed by atoms with E-state index < -0.39 is 0 Å². The molecule has 0 aliphatic carbocycles. The fourth-order valence-corrected chi connectivity index (χ4v) is 4.19. The molecule has 1 N–H and O–H groups in total. The van der Waals surface area contributed by atoms with E-state index in [4.69, 9.17) is 4.74 Å². The van der Waals surface area contributed by atoms with Crippen molar-refractivity contribution in [3.8, 4) is 16.3 Å². The molecule has 1 unspecified atom stereocenters. The number of aromatic nitrogens is 3. The Morgan fingerprint density at radius 2 is 2.18 bits per heavy atom. The van der Waals surface area contributed by atoms with Crippen LogP contribution in [-0.2, 0) is 7.05 Å². The van der Waals surface area contributed by atoms with E-state index in [1.54, 1.807) is 6.20 Å². The Bertz CT molecular complexity index is 950. The van der Waals surface area contributed by atoms with E-state index in [0.29, 0.717) is 25.4 Å². The van der Waals surface area contributed by atoms with Crippen LogP contribution in [0.3, 0.4) is 0 Å². The van der Waals surface area contributed by atoms with Crippen molar-refractivity contribution < 1.29 is 9.53 Å². The van der Waals surface area contributed by atoms with Gasteiger partial charge in [0, 0.05) is 50.0 Å². The number of nitrogens with one attached hydrogen (secondary N) is 1. The number of amides is 1. The van der Waals surface area contributed by atoms with Gasteiger partial charge in [0.25, 0.3) is 5.91 Å². The maximum absolute atomic E-state index is 13.2. The lowest BCUT2D eigenvalue weighted by atomic mass is 10.1. The van der Waals surface area contributed by atoms with Crippen molar-refractivity contribution in [2.24, 2.45) is 7.05 Å². The van der Waals surface area contributed by atoms with Crippen LogP contribution in [0, 0.1) is 0 Å². The lowest BCUT2D eigenvalue weighted by molar-refractivity contribution is 0.0615. The van der Waals surface area contributed by atoms with E-state index in [1.807, 2.05) is 59.3 Å². The van der Waals surface area contributed by atoms with Gasteiger partial charge in [-0.2, -0.15) is 0 Å². The van der Waals surface area contributed by atoms with Crippen molar-refractivity contribution in [1.29, 1.82) is 0 Å². The van der Waals surface area contributed by atoms with E-state index in [9.17, 15) is 4.79 Å². The van der Waals surface area contributed by atoms with Crippen LogP contribution in [-0.4, -0.2) is 51.6 Å². The monoisotopic (exact) mass is 397 g/mol. The Kier molecular flexibility index (Phi) is 5.40. The fraction of sp³-hybridized carbons (Fsp3) is 0.350. The highest BCUT2D eigenvalue weighted by molar-refractivity contribution is 7.13. The third-order valence-corrected chi connectivity index (χ3v) is 5.69. The largest absolute Gasteiger partial charge is 0.494 e. The van der Waals surface area contributed by atoms with Crippen molar-refractivity contribution in [2.45, 2.75) is 13.0 Å². The summed E-state index contributed by atoms with van der Waals surface area (Å²) >= 11 is 1.48. The summed E-state index contributed by atoms with van der Waals surface area (Å²) < 4.78 is 7.45. The van der Waals surface area contributed by atoms with Crippen molar-refractivity contribution in [3.63, 3.8) is 0 Å². The smallest absolute Gasteiger partial charge is 0.274 e. The minimum Gasteiger partial charge on any atom is -0.494 e. The molecule has 3 aromatic rings. The zero-order valence-corrected chi connectivity index (χ0v) is 16.8. The lowest BCUT2D eigenvalue weighted by Gasteiger charge is -2.35. The summed E-state index contributed by atoms with van der Waals surface area (Å²) in [7, 11) is 1.95. The number of thiazole rings is 1. The average molecular weight is 398 g/mol. The average Bonchev–Trinajstić information content (AvgIpc) is 3.38. The minimum atomic E-state index is -0.100. The standard InChI is InChI=1S/C20H23N5O2S/c1-3-27-15-6-4-14(5-7-15)19-23-16(13-28-19)20(26)25-11-8-21-12-17(25)18-22-9-10-24(18)2/h4-7,9-10,13,17,21H,3,8,11-12H2,1-2H3. The van der Waals surface area contributed by atoms with Gasteiger partial charge in [-0.3, -0.25) is 4.79 Å². The summed E-state index contributed by atoms with van der Waals surface area (Å²) in [5.41, 5.74) is 1.46. The van der Waals surface area contributed by atoms with Crippen molar-refractivity contribution in [3.05, 3.63) is 53.6 Å². The number of hydrogen-bond acceptors (Lipinski definition) is 6. The fourth-order valence-electron chi connectivity index (χ4n) is 3.39. The maximum atomic E-state index is 13.2. The number of aryl methyl sites for hydroxylation is 1. The Hall–Kier alpha value is -2.71. The molecular formula is C20H23N5O2S. The number of ether oxygens (including phenoxy) is 1. The third-order valence-electron chi connectivity index (χ3n) is 4.80. The third kappa shape index (κ3) is 3.65. The summed E-state index contributed by atoms with van der Waals surface area (Å²) in [4.78, 5) is 24.1. The number of hydrogen-bond donors (Lipinski definition) is 1. The molecule has 1 amide bonds. The number of nitrogens with zero attached hydrogens (tertiary/aromatic N) is 4. The Morgan fingerprint density at radius 3 is 2.89 bits per heavy atom. The number of carbonyl (C=O) groups is 1. The molecule has 7 nitrogen and oxygen atoms in total. The predicted octanol–water partition coefficient (Wildman–Crippen LogP) is 2.73. The van der Waals surface area contributed by atoms with Gasteiger partial charge in [0.05, 0.1) is 6.61 Å². The number of carbonyl (C=O) groups excluding carboxylic acids is 1. The summed E-state index contributed by atoms with van der Waals surface area (Å²) in [5, 5.41) is 6.02. The molecule has 1 saturated heterocycles. The van der Waals surface area contributed by atoms with Gasteiger partial charge < -0.3 is 19.5 Å². The second-order valence-electron chi connectivity index (χ2n) is 6.61. The molecule has 2 aromatic heterocycles. The summed E-state index contributed by atoms with van der Waals surface area (Å²) in [6.07, 6.45) is 3.67. The number of imidazole rings is 1. The molecule has 0 bridgehead atoms. The van der Waals surface area contributed by atoms with E-state index in [-0.39, 0.29) is 11.9 Å². The maximum Gasteiger partial charge on any atom is 0.274 e. The summed E-state index contributed by atoms with van der Waals surface area (Å²) in [6, 6.07) is 7.69. The van der Waals surface area contributed by atoms with Crippen LogP contribution >= 0.6 is 11.3 Å². The van der Waals surface area contributed by atoms with Gasteiger partial charge in [0.15, 0.2) is 0 Å². The van der Waals surface area contributed by atoms with Gasteiger partial charge in [0.1, 0.15) is 28.3 Å². The Morgan fingerprint density at radius 1 is 1.36 bits per heavy atom. The minimum absolute atomic E-state index is 0.0528. The highest BCUT2D eigenvalue weighted by Gasteiger charge is 2.32. The molecule has 4 rings (SSSR count). The number of benzene rings is 1. The van der Waals surface area contributed by atoms with Crippen LogP contribution in [0.15, 0.2) is 42.0 Å². The molecule has 1 atom stereocenters. The molecule has 0 saturated carbocycles. The second kappa shape index (κ2) is 8.12. The van der Waals surface area contributed by atoms with Crippen LogP contribution in [0.5, 0.6) is 5.75 Å². The van der Waals surface area contributed by atoms with Gasteiger partial charge in [-0.15, -0.1) is 11.3 Å². The number of piperazine rings is 1. The van der Waals surface area contributed by atoms with E-state index >= 15 is 0 Å². The first-order chi connectivity index (χ1) is 13.7. The topological polar surface area (TPSA) is 72.3 Å². The van der Waals surface area contributed by atoms with Crippen LogP contribution in [0.1, 0.15) is 29.3 Å². The molecule has 1 aliphatic heterocycles. The van der Waals surface area contributed by atoms with Crippen LogP contribution in [0.25, 0.3) is 10.6 Å². The quantitative estimate of drug-likeness (QED) is 0.717. The van der Waals surface area contributed by atoms with Gasteiger partial charge in [-0.1, -0.05) is 0 Å². The highest BCUT2D eigenvalue weighted by atomic mass is 32.1. The molecule has 0 spiro atoms. The zero-order chi connectivity index (χ0) is 19.5. The van der Waals surface area contributed by atoms with Gasteiger partial charge in [0.2, 0.25) is 0 Å². The van der Waals surface area contributed by atoms with Gasteiger partial charge >= 0.3 is 0 Å². The molecule has 28 heavy (non-hydrogen) atoms. The molecular weight excluding hydrogens is 374 g/mol. The molecule has 1 fully saturated rings. The van der Waals surface area contributed by atoms with Crippen LogP contribution in [0.2, 0.25) is 0 Å². The van der Waals surface area contributed by atoms with Gasteiger partial charge in [-0.25, -0.2) is 9.97 Å². The van der Waals surface area contributed by atoms with E-state index in [2.05, 4.69) is 15.3 Å². The molecule has 8 heteroatoms. The Labute approximate surface area is 168 Å². The second-order valence-corrected chi connectivity index (χ2v) is 7.47.